The molecule has 0 saturated heterocycles. The summed E-state index contributed by atoms with van der Waals surface area (Å²) in [5.41, 5.74) is 0.631. The van der Waals surface area contributed by atoms with Crippen molar-refractivity contribution in [3.63, 3.8) is 0 Å². The van der Waals surface area contributed by atoms with E-state index >= 15 is 0 Å². The van der Waals surface area contributed by atoms with Gasteiger partial charge < -0.3 is 19.5 Å². The number of ether oxygens (including phenoxy) is 3. The van der Waals surface area contributed by atoms with Crippen molar-refractivity contribution in [1.82, 2.24) is 0 Å². The summed E-state index contributed by atoms with van der Waals surface area (Å²) in [7, 11) is 3.00. The van der Waals surface area contributed by atoms with Gasteiger partial charge in [-0.05, 0) is 36.4 Å². The minimum absolute atomic E-state index is 0.0478. The van der Waals surface area contributed by atoms with E-state index in [9.17, 15) is 18.4 Å². The fourth-order valence-electron chi connectivity index (χ4n) is 2.08. The van der Waals surface area contributed by atoms with Gasteiger partial charge in [-0.1, -0.05) is 0 Å². The highest BCUT2D eigenvalue weighted by Crippen LogP contribution is 2.25. The average molecular weight is 377 g/mol. The van der Waals surface area contributed by atoms with Crippen molar-refractivity contribution in [2.75, 3.05) is 26.1 Å². The third-order valence-corrected chi connectivity index (χ3v) is 3.38. The molecule has 2 aromatic carbocycles. The molecule has 0 aliphatic heterocycles. The number of nitrogens with one attached hydrogen (secondary N) is 1. The summed E-state index contributed by atoms with van der Waals surface area (Å²) < 4.78 is 41.0. The highest BCUT2D eigenvalue weighted by atomic mass is 19.2. The highest BCUT2D eigenvalue weighted by Gasteiger charge is 2.09. The molecule has 0 saturated carbocycles. The summed E-state index contributed by atoms with van der Waals surface area (Å²) in [6, 6.07) is 7.94. The highest BCUT2D eigenvalue weighted by molar-refractivity contribution is 5.94. The maximum Gasteiger partial charge on any atom is 0.331 e. The third-order valence-electron chi connectivity index (χ3n) is 3.38. The summed E-state index contributed by atoms with van der Waals surface area (Å²) in [4.78, 5) is 23.5. The summed E-state index contributed by atoms with van der Waals surface area (Å²) in [6.45, 7) is -0.586. The first-order valence-electron chi connectivity index (χ1n) is 7.74. The molecule has 0 aliphatic rings. The van der Waals surface area contributed by atoms with Crippen LogP contribution in [0.5, 0.6) is 11.5 Å². The Bertz CT molecular complexity index is 867. The number of rotatable bonds is 7. The SMILES string of the molecule is COc1ccc(OC)c(/C=C/C(=O)OCC(=O)Nc2ccc(F)c(F)c2)c1. The van der Waals surface area contributed by atoms with Crippen LogP contribution in [-0.2, 0) is 14.3 Å². The Morgan fingerprint density at radius 1 is 1.04 bits per heavy atom. The van der Waals surface area contributed by atoms with E-state index in [1.54, 1.807) is 18.2 Å². The molecular weight excluding hydrogens is 360 g/mol. The van der Waals surface area contributed by atoms with Crippen LogP contribution in [0.1, 0.15) is 5.56 Å². The number of carbonyl (C=O) groups excluding carboxylic acids is 2. The van der Waals surface area contributed by atoms with Crippen LogP contribution in [0, 0.1) is 11.6 Å². The molecule has 0 atom stereocenters. The largest absolute Gasteiger partial charge is 0.497 e. The van der Waals surface area contributed by atoms with Gasteiger partial charge in [-0.2, -0.15) is 0 Å². The van der Waals surface area contributed by atoms with Gasteiger partial charge >= 0.3 is 5.97 Å². The van der Waals surface area contributed by atoms with Crippen molar-refractivity contribution in [1.29, 1.82) is 0 Å². The lowest BCUT2D eigenvalue weighted by Crippen LogP contribution is -2.20. The van der Waals surface area contributed by atoms with Crippen molar-refractivity contribution in [2.45, 2.75) is 0 Å². The van der Waals surface area contributed by atoms with Crippen molar-refractivity contribution in [3.8, 4) is 11.5 Å². The lowest BCUT2D eigenvalue weighted by molar-refractivity contribution is -0.142. The molecule has 27 heavy (non-hydrogen) atoms. The van der Waals surface area contributed by atoms with Crippen LogP contribution in [0.3, 0.4) is 0 Å². The van der Waals surface area contributed by atoms with Gasteiger partial charge in [0.1, 0.15) is 11.5 Å². The third kappa shape index (κ3) is 5.81. The van der Waals surface area contributed by atoms with Crippen LogP contribution in [0.4, 0.5) is 14.5 Å². The first kappa shape index (κ1) is 19.9. The lowest BCUT2D eigenvalue weighted by Gasteiger charge is -2.07. The number of methoxy groups -OCH3 is 2. The number of halogens is 2. The number of hydrogen-bond donors (Lipinski definition) is 1. The molecule has 0 aliphatic carbocycles. The van der Waals surface area contributed by atoms with Gasteiger partial charge in [0.2, 0.25) is 0 Å². The maximum atomic E-state index is 13.1. The molecule has 2 rings (SSSR count). The van der Waals surface area contributed by atoms with Gasteiger partial charge in [0.05, 0.1) is 14.2 Å². The zero-order chi connectivity index (χ0) is 19.8. The van der Waals surface area contributed by atoms with Crippen LogP contribution < -0.4 is 14.8 Å². The molecule has 0 bridgehead atoms. The van der Waals surface area contributed by atoms with Gasteiger partial charge in [-0.3, -0.25) is 4.79 Å². The Morgan fingerprint density at radius 3 is 2.48 bits per heavy atom. The van der Waals surface area contributed by atoms with Gasteiger partial charge in [-0.25, -0.2) is 13.6 Å². The maximum absolute atomic E-state index is 13.1. The molecule has 0 aromatic heterocycles. The van der Waals surface area contributed by atoms with E-state index in [0.717, 1.165) is 18.2 Å². The molecule has 0 unspecified atom stereocenters. The second-order valence-electron chi connectivity index (χ2n) is 5.23. The Hall–Kier alpha value is -3.42. The van der Waals surface area contributed by atoms with Gasteiger partial charge in [0, 0.05) is 23.4 Å². The molecule has 0 radical (unpaired) electrons. The topological polar surface area (TPSA) is 73.9 Å². The van der Waals surface area contributed by atoms with E-state index in [-0.39, 0.29) is 5.69 Å². The first-order chi connectivity index (χ1) is 12.9. The molecule has 0 fully saturated rings. The van der Waals surface area contributed by atoms with Crippen LogP contribution in [0.15, 0.2) is 42.5 Å². The Morgan fingerprint density at radius 2 is 1.81 bits per heavy atom. The first-order valence-corrected chi connectivity index (χ1v) is 7.74. The lowest BCUT2D eigenvalue weighted by atomic mass is 10.1. The van der Waals surface area contributed by atoms with Crippen LogP contribution >= 0.6 is 0 Å². The van der Waals surface area contributed by atoms with Crippen LogP contribution in [-0.4, -0.2) is 32.7 Å². The molecule has 6 nitrogen and oxygen atoms in total. The predicted molar refractivity (Wildman–Crippen MR) is 94.5 cm³/mol. The van der Waals surface area contributed by atoms with Crippen molar-refractivity contribution in [2.24, 2.45) is 0 Å². The molecule has 1 amide bonds. The Kier molecular flexibility index (Phi) is 6.87. The number of esters is 1. The Labute approximate surface area is 154 Å². The van der Waals surface area contributed by atoms with Crippen molar-refractivity contribution < 1.29 is 32.6 Å². The van der Waals surface area contributed by atoms with E-state index in [2.05, 4.69) is 5.32 Å². The zero-order valence-corrected chi connectivity index (χ0v) is 14.6. The quantitative estimate of drug-likeness (QED) is 0.593. The molecule has 0 spiro atoms. The minimum Gasteiger partial charge on any atom is -0.497 e. The number of hydrogen-bond acceptors (Lipinski definition) is 5. The van der Waals surface area contributed by atoms with E-state index < -0.39 is 30.1 Å². The summed E-state index contributed by atoms with van der Waals surface area (Å²) in [5.74, 6) is -2.48. The minimum atomic E-state index is -1.10. The monoisotopic (exact) mass is 377 g/mol. The van der Waals surface area contributed by atoms with Crippen molar-refractivity contribution in [3.05, 3.63) is 59.7 Å². The zero-order valence-electron chi connectivity index (χ0n) is 14.6. The van der Waals surface area contributed by atoms with E-state index in [4.69, 9.17) is 14.2 Å². The molecule has 1 N–H and O–H groups in total. The van der Waals surface area contributed by atoms with Gasteiger partial charge in [0.25, 0.3) is 5.91 Å². The fraction of sp³-hybridized carbons (Fsp3) is 0.158. The van der Waals surface area contributed by atoms with Crippen LogP contribution in [0.2, 0.25) is 0 Å². The number of benzene rings is 2. The molecule has 8 heteroatoms. The van der Waals surface area contributed by atoms with Gasteiger partial charge in [0.15, 0.2) is 18.2 Å². The number of anilines is 1. The number of amides is 1. The van der Waals surface area contributed by atoms with Gasteiger partial charge in [-0.15, -0.1) is 0 Å². The average Bonchev–Trinajstić information content (AvgIpc) is 2.67. The number of carbonyl (C=O) groups is 2. The normalized spacial score (nSPS) is 10.5. The van der Waals surface area contributed by atoms with Crippen molar-refractivity contribution >= 4 is 23.6 Å². The van der Waals surface area contributed by atoms with E-state index in [1.807, 2.05) is 0 Å². The summed E-state index contributed by atoms with van der Waals surface area (Å²) in [5, 5.41) is 2.29. The fourth-order valence-corrected chi connectivity index (χ4v) is 2.08. The Balaban J connectivity index is 1.91. The molecule has 0 heterocycles. The molecule has 142 valence electrons. The standard InChI is InChI=1S/C19H17F2NO5/c1-25-14-5-7-17(26-2)12(9-14)3-8-19(24)27-11-18(23)22-13-4-6-15(20)16(21)10-13/h3-10H,11H2,1-2H3,(H,22,23)/b8-3+. The van der Waals surface area contributed by atoms with E-state index in [1.165, 1.54) is 26.4 Å². The second-order valence-corrected chi connectivity index (χ2v) is 5.23. The second kappa shape index (κ2) is 9.33. The van der Waals surface area contributed by atoms with Crippen LogP contribution in [0.25, 0.3) is 6.08 Å². The smallest absolute Gasteiger partial charge is 0.331 e. The summed E-state index contributed by atoms with van der Waals surface area (Å²) in [6.07, 6.45) is 2.58. The van der Waals surface area contributed by atoms with E-state index in [0.29, 0.717) is 17.1 Å². The summed E-state index contributed by atoms with van der Waals surface area (Å²) >= 11 is 0. The predicted octanol–water partition coefficient (Wildman–Crippen LogP) is 3.18. The molecule has 2 aromatic rings. The molecular formula is C19H17F2NO5.